The maximum absolute atomic E-state index is 12.6. The van der Waals surface area contributed by atoms with Gasteiger partial charge in [0, 0.05) is 12.6 Å². The third kappa shape index (κ3) is 1.56. The lowest BCUT2D eigenvalue weighted by atomic mass is 9.91. The van der Waals surface area contributed by atoms with Crippen LogP contribution < -0.4 is 5.32 Å². The van der Waals surface area contributed by atoms with Gasteiger partial charge in [0.2, 0.25) is 11.8 Å². The Hall–Kier alpha value is -1.10. The molecular weight excluding hydrogens is 230 g/mol. The highest BCUT2D eigenvalue weighted by Crippen LogP contribution is 2.37. The van der Waals surface area contributed by atoms with Crippen molar-refractivity contribution in [3.05, 3.63) is 0 Å². The maximum atomic E-state index is 12.6. The highest BCUT2D eigenvalue weighted by molar-refractivity contribution is 6.00. The number of rotatable bonds is 1. The van der Waals surface area contributed by atoms with Crippen molar-refractivity contribution in [3.63, 3.8) is 0 Å². The molecule has 3 aliphatic rings. The number of piperazine rings is 1. The molecule has 5 nitrogen and oxygen atoms in total. The summed E-state index contributed by atoms with van der Waals surface area (Å²) in [6.45, 7) is 0.700. The number of carbonyl (C=O) groups excluding carboxylic acids is 2. The number of likely N-dealkylation sites (N-methyl/N-ethyl adjacent to an activating group) is 1. The van der Waals surface area contributed by atoms with Crippen LogP contribution in [0.15, 0.2) is 0 Å². The van der Waals surface area contributed by atoms with E-state index in [4.69, 9.17) is 0 Å². The van der Waals surface area contributed by atoms with Gasteiger partial charge >= 0.3 is 0 Å². The van der Waals surface area contributed by atoms with E-state index in [1.807, 2.05) is 19.0 Å². The fourth-order valence-electron chi connectivity index (χ4n) is 3.63. The van der Waals surface area contributed by atoms with Gasteiger partial charge in [-0.05, 0) is 33.4 Å². The summed E-state index contributed by atoms with van der Waals surface area (Å²) in [5.74, 6) is 0.217. The Labute approximate surface area is 107 Å². The summed E-state index contributed by atoms with van der Waals surface area (Å²) in [4.78, 5) is 28.8. The van der Waals surface area contributed by atoms with Crippen LogP contribution in [0.2, 0.25) is 0 Å². The second kappa shape index (κ2) is 3.95. The topological polar surface area (TPSA) is 52.7 Å². The minimum absolute atomic E-state index is 0.0563. The lowest BCUT2D eigenvalue weighted by Crippen LogP contribution is -2.67. The lowest BCUT2D eigenvalue weighted by Gasteiger charge is -2.41. The van der Waals surface area contributed by atoms with Crippen LogP contribution in [0.5, 0.6) is 0 Å². The van der Waals surface area contributed by atoms with Crippen LogP contribution in [0.1, 0.15) is 32.1 Å². The third-order valence-corrected chi connectivity index (χ3v) is 4.80. The summed E-state index contributed by atoms with van der Waals surface area (Å²) >= 11 is 0. The number of hydrogen-bond acceptors (Lipinski definition) is 3. The quantitative estimate of drug-likeness (QED) is 0.711. The van der Waals surface area contributed by atoms with Crippen molar-refractivity contribution in [1.82, 2.24) is 15.1 Å². The Morgan fingerprint density at radius 1 is 1.28 bits per heavy atom. The number of nitrogens with zero attached hydrogens (tertiary/aromatic N) is 2. The molecule has 0 aromatic heterocycles. The van der Waals surface area contributed by atoms with Gasteiger partial charge in [0.05, 0.1) is 0 Å². The zero-order valence-electron chi connectivity index (χ0n) is 11.1. The zero-order valence-corrected chi connectivity index (χ0v) is 11.1. The molecule has 1 aliphatic carbocycles. The molecule has 0 unspecified atom stereocenters. The number of nitrogens with one attached hydrogen (secondary N) is 1. The molecule has 1 saturated carbocycles. The molecule has 2 heterocycles. The number of fused-ring (bicyclic) bond motifs is 1. The molecule has 100 valence electrons. The summed E-state index contributed by atoms with van der Waals surface area (Å²) in [6.07, 6.45) is 4.48. The van der Waals surface area contributed by atoms with Crippen LogP contribution in [-0.4, -0.2) is 59.9 Å². The first-order valence-electron chi connectivity index (χ1n) is 6.83. The van der Waals surface area contributed by atoms with Crippen molar-refractivity contribution in [2.45, 2.75) is 49.7 Å². The molecule has 2 aliphatic heterocycles. The van der Waals surface area contributed by atoms with Gasteiger partial charge in [0.1, 0.15) is 11.6 Å². The van der Waals surface area contributed by atoms with Crippen LogP contribution in [-0.2, 0) is 9.59 Å². The summed E-state index contributed by atoms with van der Waals surface area (Å²) in [5, 5.41) is 3.02. The SMILES string of the molecule is CN(C)[C@@H]1C[C@H]2C(=O)NC3(CCCC3)C(=O)N2C1. The smallest absolute Gasteiger partial charge is 0.249 e. The molecule has 18 heavy (non-hydrogen) atoms. The van der Waals surface area contributed by atoms with Crippen molar-refractivity contribution < 1.29 is 9.59 Å². The van der Waals surface area contributed by atoms with E-state index in [9.17, 15) is 9.59 Å². The van der Waals surface area contributed by atoms with E-state index in [2.05, 4.69) is 10.2 Å². The minimum atomic E-state index is -0.561. The van der Waals surface area contributed by atoms with E-state index in [0.717, 1.165) is 32.1 Å². The summed E-state index contributed by atoms with van der Waals surface area (Å²) in [7, 11) is 4.02. The highest BCUT2D eigenvalue weighted by Gasteiger charge is 2.54. The first-order valence-corrected chi connectivity index (χ1v) is 6.83. The number of amides is 2. The summed E-state index contributed by atoms with van der Waals surface area (Å²) < 4.78 is 0. The fraction of sp³-hybridized carbons (Fsp3) is 0.846. The predicted octanol–water partition coefficient (Wildman–Crippen LogP) is -0.0399. The molecule has 3 rings (SSSR count). The van der Waals surface area contributed by atoms with E-state index in [-0.39, 0.29) is 17.9 Å². The Morgan fingerprint density at radius 2 is 1.94 bits per heavy atom. The third-order valence-electron chi connectivity index (χ3n) is 4.80. The van der Waals surface area contributed by atoms with Crippen LogP contribution in [0.4, 0.5) is 0 Å². The zero-order chi connectivity index (χ0) is 12.9. The van der Waals surface area contributed by atoms with Gasteiger partial charge in [0.15, 0.2) is 0 Å². The lowest BCUT2D eigenvalue weighted by molar-refractivity contribution is -0.152. The Bertz CT molecular complexity index is 388. The van der Waals surface area contributed by atoms with Crippen LogP contribution in [0.3, 0.4) is 0 Å². The first-order chi connectivity index (χ1) is 8.53. The predicted molar refractivity (Wildman–Crippen MR) is 66.9 cm³/mol. The van der Waals surface area contributed by atoms with E-state index < -0.39 is 5.54 Å². The van der Waals surface area contributed by atoms with Crippen molar-refractivity contribution in [2.75, 3.05) is 20.6 Å². The average Bonchev–Trinajstić information content (AvgIpc) is 2.93. The van der Waals surface area contributed by atoms with Crippen molar-refractivity contribution in [3.8, 4) is 0 Å². The molecule has 2 atom stereocenters. The number of hydrogen-bond donors (Lipinski definition) is 1. The Balaban J connectivity index is 1.86. The molecule has 1 N–H and O–H groups in total. The van der Waals surface area contributed by atoms with Crippen LogP contribution in [0.25, 0.3) is 0 Å². The van der Waals surface area contributed by atoms with Crippen LogP contribution >= 0.6 is 0 Å². The maximum Gasteiger partial charge on any atom is 0.249 e. The van der Waals surface area contributed by atoms with Gasteiger partial charge in [-0.3, -0.25) is 9.59 Å². The van der Waals surface area contributed by atoms with Crippen molar-refractivity contribution in [1.29, 1.82) is 0 Å². The van der Waals surface area contributed by atoms with Crippen molar-refractivity contribution in [2.24, 2.45) is 0 Å². The van der Waals surface area contributed by atoms with Crippen LogP contribution in [0, 0.1) is 0 Å². The molecule has 2 saturated heterocycles. The van der Waals surface area contributed by atoms with Gasteiger partial charge in [-0.1, -0.05) is 12.8 Å². The van der Waals surface area contributed by atoms with E-state index in [1.54, 1.807) is 0 Å². The number of carbonyl (C=O) groups is 2. The summed E-state index contributed by atoms with van der Waals surface area (Å²) in [5.41, 5.74) is -0.561. The van der Waals surface area contributed by atoms with Gasteiger partial charge < -0.3 is 15.1 Å². The molecule has 0 aromatic carbocycles. The minimum Gasteiger partial charge on any atom is -0.340 e. The molecule has 3 fully saturated rings. The molecule has 2 amide bonds. The first kappa shape index (κ1) is 12.0. The van der Waals surface area contributed by atoms with Gasteiger partial charge in [-0.15, -0.1) is 0 Å². The molecule has 0 aromatic rings. The fourth-order valence-corrected chi connectivity index (χ4v) is 3.63. The van der Waals surface area contributed by atoms with Crippen molar-refractivity contribution >= 4 is 11.8 Å². The van der Waals surface area contributed by atoms with E-state index in [1.165, 1.54) is 0 Å². The van der Waals surface area contributed by atoms with Gasteiger partial charge in [0.25, 0.3) is 0 Å². The van der Waals surface area contributed by atoms with E-state index in [0.29, 0.717) is 12.6 Å². The Morgan fingerprint density at radius 3 is 2.56 bits per heavy atom. The second-order valence-corrected chi connectivity index (χ2v) is 6.10. The highest BCUT2D eigenvalue weighted by atomic mass is 16.2. The Kier molecular flexibility index (Phi) is 2.62. The average molecular weight is 251 g/mol. The summed E-state index contributed by atoms with van der Waals surface area (Å²) in [6, 6.07) is 0.0670. The second-order valence-electron chi connectivity index (χ2n) is 6.10. The van der Waals surface area contributed by atoms with Gasteiger partial charge in [-0.25, -0.2) is 0 Å². The largest absolute Gasteiger partial charge is 0.340 e. The van der Waals surface area contributed by atoms with E-state index >= 15 is 0 Å². The van der Waals surface area contributed by atoms with Gasteiger partial charge in [-0.2, -0.15) is 0 Å². The molecular formula is C13H21N3O2. The molecule has 1 spiro atoms. The monoisotopic (exact) mass is 251 g/mol. The molecule has 5 heteroatoms. The molecule has 0 radical (unpaired) electrons. The normalized spacial score (nSPS) is 34.3. The standard InChI is InChI=1S/C13H21N3O2/c1-15(2)9-7-10-11(17)14-13(5-3-4-6-13)12(18)16(10)8-9/h9-10H,3-8H2,1-2H3,(H,14,17)/t9-,10+/m1/s1. The molecule has 0 bridgehead atoms.